The van der Waals surface area contributed by atoms with E-state index in [0.29, 0.717) is 19.6 Å². The van der Waals surface area contributed by atoms with Gasteiger partial charge in [0.1, 0.15) is 5.54 Å². The number of carbonyl (C=O) groups is 1. The first-order valence-electron chi connectivity index (χ1n) is 4.19. The maximum atomic E-state index is 10.9. The van der Waals surface area contributed by atoms with Crippen LogP contribution in [0.5, 0.6) is 0 Å². The molecule has 70 valence electrons. The van der Waals surface area contributed by atoms with Gasteiger partial charge in [0.25, 0.3) is 0 Å². The first-order chi connectivity index (χ1) is 5.71. The molecule has 1 rings (SSSR count). The lowest BCUT2D eigenvalue weighted by Gasteiger charge is -2.24. The zero-order valence-corrected chi connectivity index (χ0v) is 7.30. The molecule has 0 amide bonds. The van der Waals surface area contributed by atoms with Crippen LogP contribution in [0.15, 0.2) is 0 Å². The van der Waals surface area contributed by atoms with E-state index in [-0.39, 0.29) is 0 Å². The average molecular weight is 173 g/mol. The van der Waals surface area contributed by atoms with Crippen LogP contribution < -0.4 is 5.32 Å². The molecule has 1 saturated carbocycles. The Bertz CT molecular complexity index is 164. The van der Waals surface area contributed by atoms with Gasteiger partial charge in [-0.05, 0) is 12.8 Å². The summed E-state index contributed by atoms with van der Waals surface area (Å²) >= 11 is 0. The maximum Gasteiger partial charge on any atom is 0.323 e. The number of ether oxygens (including phenoxy) is 1. The van der Waals surface area contributed by atoms with Crippen molar-refractivity contribution in [2.24, 2.45) is 0 Å². The van der Waals surface area contributed by atoms with Crippen LogP contribution in [0.2, 0.25) is 0 Å². The fraction of sp³-hybridized carbons (Fsp3) is 0.875. The molecule has 12 heavy (non-hydrogen) atoms. The lowest BCUT2D eigenvalue weighted by atomic mass is 9.98. The minimum absolute atomic E-state index is 0.312. The Labute approximate surface area is 71.9 Å². The molecule has 0 saturated heterocycles. The van der Waals surface area contributed by atoms with Gasteiger partial charge in [-0.3, -0.25) is 10.1 Å². The largest absolute Gasteiger partial charge is 0.480 e. The highest BCUT2D eigenvalue weighted by molar-refractivity contribution is 5.79. The topological polar surface area (TPSA) is 58.6 Å². The number of carboxylic acid groups (broad SMARTS) is 1. The number of aliphatic carboxylic acids is 1. The second-order valence-corrected chi connectivity index (χ2v) is 3.20. The van der Waals surface area contributed by atoms with Crippen molar-refractivity contribution in [3.05, 3.63) is 0 Å². The predicted octanol–water partition coefficient (Wildman–Crippen LogP) is 0.577. The fourth-order valence-corrected chi connectivity index (χ4v) is 1.66. The van der Waals surface area contributed by atoms with E-state index in [0.717, 1.165) is 12.8 Å². The molecular weight excluding hydrogens is 158 g/mol. The van der Waals surface area contributed by atoms with E-state index in [2.05, 4.69) is 5.32 Å². The summed E-state index contributed by atoms with van der Waals surface area (Å²) in [5.41, 5.74) is -0.712. The molecule has 0 aromatic rings. The van der Waals surface area contributed by atoms with E-state index in [1.807, 2.05) is 0 Å². The second-order valence-electron chi connectivity index (χ2n) is 3.20. The van der Waals surface area contributed by atoms with Gasteiger partial charge < -0.3 is 9.84 Å². The summed E-state index contributed by atoms with van der Waals surface area (Å²) < 4.78 is 4.80. The van der Waals surface area contributed by atoms with E-state index in [4.69, 9.17) is 9.84 Å². The lowest BCUT2D eigenvalue weighted by Crippen LogP contribution is -2.50. The van der Waals surface area contributed by atoms with Crippen LogP contribution in [0.4, 0.5) is 0 Å². The molecule has 4 nitrogen and oxygen atoms in total. The Morgan fingerprint density at radius 3 is 2.58 bits per heavy atom. The monoisotopic (exact) mass is 173 g/mol. The summed E-state index contributed by atoms with van der Waals surface area (Å²) in [7, 11) is 1.55. The molecule has 0 aliphatic heterocycles. The summed E-state index contributed by atoms with van der Waals surface area (Å²) in [6, 6.07) is 0. The van der Waals surface area contributed by atoms with Crippen molar-refractivity contribution in [1.29, 1.82) is 0 Å². The van der Waals surface area contributed by atoms with Crippen molar-refractivity contribution >= 4 is 5.97 Å². The number of nitrogens with one attached hydrogen (secondary N) is 1. The minimum Gasteiger partial charge on any atom is -0.480 e. The Kier molecular flexibility index (Phi) is 3.05. The Morgan fingerprint density at radius 2 is 2.17 bits per heavy atom. The van der Waals surface area contributed by atoms with Crippen molar-refractivity contribution in [2.45, 2.75) is 31.2 Å². The van der Waals surface area contributed by atoms with Crippen LogP contribution >= 0.6 is 0 Å². The summed E-state index contributed by atoms with van der Waals surface area (Å²) in [4.78, 5) is 10.9. The fourth-order valence-electron chi connectivity index (χ4n) is 1.66. The SMILES string of the molecule is COCNC1(C(=O)O)CCCC1. The number of carboxylic acids is 1. The first kappa shape index (κ1) is 9.48. The van der Waals surface area contributed by atoms with E-state index in [1.54, 1.807) is 7.11 Å². The highest BCUT2D eigenvalue weighted by Gasteiger charge is 2.40. The molecule has 1 fully saturated rings. The minimum atomic E-state index is -0.753. The third kappa shape index (κ3) is 1.76. The van der Waals surface area contributed by atoms with E-state index >= 15 is 0 Å². The molecule has 0 unspecified atom stereocenters. The third-order valence-electron chi connectivity index (χ3n) is 2.42. The van der Waals surface area contributed by atoms with Crippen molar-refractivity contribution < 1.29 is 14.6 Å². The molecule has 2 N–H and O–H groups in total. The summed E-state index contributed by atoms with van der Waals surface area (Å²) in [6.07, 6.45) is 3.41. The second kappa shape index (κ2) is 3.87. The van der Waals surface area contributed by atoms with Gasteiger partial charge >= 0.3 is 5.97 Å². The van der Waals surface area contributed by atoms with Gasteiger partial charge in [0.05, 0.1) is 6.73 Å². The van der Waals surface area contributed by atoms with Crippen molar-refractivity contribution in [3.8, 4) is 0 Å². The Morgan fingerprint density at radius 1 is 1.58 bits per heavy atom. The average Bonchev–Trinajstić information content (AvgIpc) is 2.50. The first-order valence-corrected chi connectivity index (χ1v) is 4.19. The molecule has 0 heterocycles. The molecule has 4 heteroatoms. The van der Waals surface area contributed by atoms with Crippen LogP contribution in [-0.2, 0) is 9.53 Å². The maximum absolute atomic E-state index is 10.9. The number of rotatable bonds is 4. The van der Waals surface area contributed by atoms with E-state index in [1.165, 1.54) is 0 Å². The summed E-state index contributed by atoms with van der Waals surface area (Å²) in [5.74, 6) is -0.753. The highest BCUT2D eigenvalue weighted by atomic mass is 16.5. The Balaban J connectivity index is 2.53. The molecule has 0 spiro atoms. The molecule has 0 aromatic carbocycles. The van der Waals surface area contributed by atoms with Crippen LogP contribution in [0.25, 0.3) is 0 Å². The van der Waals surface area contributed by atoms with Crippen molar-refractivity contribution in [1.82, 2.24) is 5.32 Å². The number of methoxy groups -OCH3 is 1. The van der Waals surface area contributed by atoms with Crippen LogP contribution in [0.3, 0.4) is 0 Å². The van der Waals surface area contributed by atoms with Gasteiger partial charge in [0.2, 0.25) is 0 Å². The zero-order valence-electron chi connectivity index (χ0n) is 7.30. The smallest absolute Gasteiger partial charge is 0.323 e. The number of hydrogen-bond donors (Lipinski definition) is 2. The number of hydrogen-bond acceptors (Lipinski definition) is 3. The van der Waals surface area contributed by atoms with E-state index < -0.39 is 11.5 Å². The molecule has 0 atom stereocenters. The predicted molar refractivity (Wildman–Crippen MR) is 43.8 cm³/mol. The summed E-state index contributed by atoms with van der Waals surface area (Å²) in [5, 5.41) is 11.9. The molecule has 0 radical (unpaired) electrons. The van der Waals surface area contributed by atoms with Crippen LogP contribution in [0.1, 0.15) is 25.7 Å². The van der Waals surface area contributed by atoms with Crippen molar-refractivity contribution in [3.63, 3.8) is 0 Å². The molecule has 0 aromatic heterocycles. The lowest BCUT2D eigenvalue weighted by molar-refractivity contribution is -0.145. The normalized spacial score (nSPS) is 21.1. The highest BCUT2D eigenvalue weighted by Crippen LogP contribution is 2.29. The Hall–Kier alpha value is -0.610. The van der Waals surface area contributed by atoms with Gasteiger partial charge in [-0.25, -0.2) is 0 Å². The summed E-state index contributed by atoms with van der Waals surface area (Å²) in [6.45, 7) is 0.312. The van der Waals surface area contributed by atoms with Crippen LogP contribution in [-0.4, -0.2) is 30.5 Å². The molecule has 1 aliphatic carbocycles. The van der Waals surface area contributed by atoms with Gasteiger partial charge in [0, 0.05) is 7.11 Å². The van der Waals surface area contributed by atoms with Gasteiger partial charge in [0.15, 0.2) is 0 Å². The third-order valence-corrected chi connectivity index (χ3v) is 2.42. The quantitative estimate of drug-likeness (QED) is 0.610. The van der Waals surface area contributed by atoms with Gasteiger partial charge in [-0.1, -0.05) is 12.8 Å². The zero-order chi connectivity index (χ0) is 9.03. The van der Waals surface area contributed by atoms with E-state index in [9.17, 15) is 4.79 Å². The molecule has 0 bridgehead atoms. The molecule has 1 aliphatic rings. The van der Waals surface area contributed by atoms with Crippen LogP contribution in [0, 0.1) is 0 Å². The van der Waals surface area contributed by atoms with Crippen molar-refractivity contribution in [2.75, 3.05) is 13.8 Å². The molecular formula is C8H15NO3. The van der Waals surface area contributed by atoms with Gasteiger partial charge in [-0.15, -0.1) is 0 Å². The standard InChI is InChI=1S/C8H15NO3/c1-12-6-9-8(7(10)11)4-2-3-5-8/h9H,2-6H2,1H3,(H,10,11). The van der Waals surface area contributed by atoms with Gasteiger partial charge in [-0.2, -0.15) is 0 Å².